The van der Waals surface area contributed by atoms with Gasteiger partial charge in [0.1, 0.15) is 18.1 Å². The molecule has 138 valence electrons. The molecule has 5 heteroatoms. The first-order chi connectivity index (χ1) is 12.8. The van der Waals surface area contributed by atoms with E-state index in [1.165, 1.54) is 0 Å². The normalized spacial score (nSPS) is 11.4. The molecule has 4 aromatic rings. The van der Waals surface area contributed by atoms with Crippen LogP contribution < -0.4 is 10.3 Å². The van der Waals surface area contributed by atoms with Gasteiger partial charge in [0, 0.05) is 27.9 Å². The van der Waals surface area contributed by atoms with E-state index >= 15 is 0 Å². The lowest BCUT2D eigenvalue weighted by Gasteiger charge is -2.10. The summed E-state index contributed by atoms with van der Waals surface area (Å²) in [6, 6.07) is 12.0. The average molecular weight is 426 g/mol. The number of ether oxygens (including phenoxy) is 1. The molecule has 4 rings (SSSR count). The molecule has 0 aliphatic carbocycles. The van der Waals surface area contributed by atoms with Crippen molar-refractivity contribution in [2.45, 2.75) is 27.4 Å². The number of pyridine rings is 1. The molecule has 0 amide bonds. The monoisotopic (exact) mass is 425 g/mol. The van der Waals surface area contributed by atoms with Crippen LogP contribution in [0.3, 0.4) is 0 Å². The molecule has 4 nitrogen and oxygen atoms in total. The van der Waals surface area contributed by atoms with Gasteiger partial charge in [-0.05, 0) is 62.2 Å². The van der Waals surface area contributed by atoms with E-state index in [0.717, 1.165) is 43.2 Å². The molecule has 0 unspecified atom stereocenters. The first kappa shape index (κ1) is 17.9. The topological polar surface area (TPSA) is 44.4 Å². The molecule has 0 bridgehead atoms. The van der Waals surface area contributed by atoms with E-state index in [4.69, 9.17) is 9.15 Å². The molecule has 0 aliphatic heterocycles. The Kier molecular flexibility index (Phi) is 4.35. The van der Waals surface area contributed by atoms with Gasteiger partial charge in [0.05, 0.1) is 5.52 Å². The first-order valence-corrected chi connectivity index (χ1v) is 9.56. The maximum Gasteiger partial charge on any atom is 0.294 e. The van der Waals surface area contributed by atoms with Gasteiger partial charge in [-0.2, -0.15) is 0 Å². The predicted octanol–water partition coefficient (Wildman–Crippen LogP) is 5.55. The van der Waals surface area contributed by atoms with Crippen molar-refractivity contribution in [1.82, 2.24) is 4.57 Å². The molecule has 0 radical (unpaired) electrons. The summed E-state index contributed by atoms with van der Waals surface area (Å²) in [5.74, 6) is 1.52. The number of nitrogens with zero attached hydrogens (tertiary/aromatic N) is 1. The number of aromatic nitrogens is 1. The van der Waals surface area contributed by atoms with Crippen molar-refractivity contribution in [2.24, 2.45) is 7.05 Å². The van der Waals surface area contributed by atoms with E-state index in [-0.39, 0.29) is 5.56 Å². The molecular formula is C22H20BrNO3. The average Bonchev–Trinajstić information content (AvgIpc) is 2.93. The summed E-state index contributed by atoms with van der Waals surface area (Å²) < 4.78 is 14.5. The minimum atomic E-state index is -0.138. The second-order valence-corrected chi connectivity index (χ2v) is 7.89. The van der Waals surface area contributed by atoms with Crippen molar-refractivity contribution in [2.75, 3.05) is 0 Å². The van der Waals surface area contributed by atoms with Crippen molar-refractivity contribution in [1.29, 1.82) is 0 Å². The minimum absolute atomic E-state index is 0.138. The van der Waals surface area contributed by atoms with Crippen molar-refractivity contribution in [3.8, 4) is 5.75 Å². The van der Waals surface area contributed by atoms with Crippen molar-refractivity contribution < 1.29 is 9.15 Å². The largest absolute Gasteiger partial charge is 0.489 e. The van der Waals surface area contributed by atoms with Crippen LogP contribution in [0.2, 0.25) is 0 Å². The van der Waals surface area contributed by atoms with Gasteiger partial charge in [0.15, 0.2) is 5.58 Å². The number of fused-ring (bicyclic) bond motifs is 3. The molecule has 2 aromatic carbocycles. The predicted molar refractivity (Wildman–Crippen MR) is 112 cm³/mol. The highest BCUT2D eigenvalue weighted by Crippen LogP contribution is 2.32. The third kappa shape index (κ3) is 3.06. The van der Waals surface area contributed by atoms with E-state index in [1.54, 1.807) is 11.6 Å². The summed E-state index contributed by atoms with van der Waals surface area (Å²) >= 11 is 3.53. The lowest BCUT2D eigenvalue weighted by Crippen LogP contribution is -2.16. The Labute approximate surface area is 165 Å². The zero-order valence-electron chi connectivity index (χ0n) is 15.7. The van der Waals surface area contributed by atoms with Crippen molar-refractivity contribution >= 4 is 37.8 Å². The van der Waals surface area contributed by atoms with E-state index in [9.17, 15) is 4.79 Å². The van der Waals surface area contributed by atoms with Crippen LogP contribution in [-0.2, 0) is 13.7 Å². The van der Waals surface area contributed by atoms with E-state index < -0.39 is 0 Å². The summed E-state index contributed by atoms with van der Waals surface area (Å²) in [4.78, 5) is 12.8. The zero-order chi connectivity index (χ0) is 19.3. The van der Waals surface area contributed by atoms with Gasteiger partial charge in [-0.3, -0.25) is 4.79 Å². The molecule has 2 aromatic heterocycles. The highest BCUT2D eigenvalue weighted by Gasteiger charge is 2.19. The number of furan rings is 1. The van der Waals surface area contributed by atoms with Gasteiger partial charge >= 0.3 is 0 Å². The number of hydrogen-bond acceptors (Lipinski definition) is 3. The standard InChI is InChI=1S/C22H20BrNO3/c1-12-7-13(2)9-16(8-12)26-11-18-14(3)27-21-20(18)17-10-15(23)5-6-19(17)24(4)22(21)25/h5-10H,11H2,1-4H3. The van der Waals surface area contributed by atoms with Crippen molar-refractivity contribution in [3.05, 3.63) is 73.7 Å². The summed E-state index contributed by atoms with van der Waals surface area (Å²) in [6.45, 7) is 6.32. The lowest BCUT2D eigenvalue weighted by molar-refractivity contribution is 0.304. The van der Waals surface area contributed by atoms with Gasteiger partial charge in [-0.25, -0.2) is 0 Å². The van der Waals surface area contributed by atoms with Crippen LogP contribution in [0.15, 0.2) is 50.1 Å². The van der Waals surface area contributed by atoms with Crippen LogP contribution in [0.4, 0.5) is 0 Å². The van der Waals surface area contributed by atoms with Crippen LogP contribution in [0.1, 0.15) is 22.5 Å². The summed E-state index contributed by atoms with van der Waals surface area (Å²) in [7, 11) is 1.77. The second-order valence-electron chi connectivity index (χ2n) is 6.98. The number of halogens is 1. The van der Waals surface area contributed by atoms with Gasteiger partial charge in [0.25, 0.3) is 5.56 Å². The molecule has 0 aliphatic rings. The fourth-order valence-corrected chi connectivity index (χ4v) is 3.98. The van der Waals surface area contributed by atoms with Crippen LogP contribution in [0.25, 0.3) is 21.9 Å². The van der Waals surface area contributed by atoms with Crippen LogP contribution in [0.5, 0.6) is 5.75 Å². The van der Waals surface area contributed by atoms with Crippen LogP contribution in [-0.4, -0.2) is 4.57 Å². The Morgan fingerprint density at radius 2 is 1.78 bits per heavy atom. The number of benzene rings is 2. The quantitative estimate of drug-likeness (QED) is 0.432. The van der Waals surface area contributed by atoms with Gasteiger partial charge in [0.2, 0.25) is 0 Å². The molecule has 0 atom stereocenters. The van der Waals surface area contributed by atoms with Gasteiger partial charge in [-0.15, -0.1) is 0 Å². The highest BCUT2D eigenvalue weighted by atomic mass is 79.9. The van der Waals surface area contributed by atoms with E-state index in [1.807, 2.05) is 51.1 Å². The van der Waals surface area contributed by atoms with E-state index in [2.05, 4.69) is 22.0 Å². The molecule has 0 spiro atoms. The maximum absolute atomic E-state index is 12.8. The molecule has 0 N–H and O–H groups in total. The maximum atomic E-state index is 12.8. The number of hydrogen-bond donors (Lipinski definition) is 0. The van der Waals surface area contributed by atoms with Gasteiger partial charge < -0.3 is 13.7 Å². The minimum Gasteiger partial charge on any atom is -0.489 e. The third-order valence-electron chi connectivity index (χ3n) is 4.88. The SMILES string of the molecule is Cc1cc(C)cc(OCc2c(C)oc3c(=O)n(C)c4ccc(Br)cc4c23)c1. The summed E-state index contributed by atoms with van der Waals surface area (Å²) in [6.07, 6.45) is 0. The fraction of sp³-hybridized carbons (Fsp3) is 0.227. The Balaban J connectivity index is 1.90. The Morgan fingerprint density at radius 1 is 1.07 bits per heavy atom. The molecule has 0 fully saturated rings. The molecule has 2 heterocycles. The molecular weight excluding hydrogens is 406 g/mol. The summed E-state index contributed by atoms with van der Waals surface area (Å²) in [5.41, 5.74) is 4.32. The molecule has 0 saturated heterocycles. The number of rotatable bonds is 3. The van der Waals surface area contributed by atoms with Gasteiger partial charge in [-0.1, -0.05) is 22.0 Å². The first-order valence-electron chi connectivity index (χ1n) is 8.76. The molecule has 0 saturated carbocycles. The van der Waals surface area contributed by atoms with E-state index in [0.29, 0.717) is 18.0 Å². The zero-order valence-corrected chi connectivity index (χ0v) is 17.3. The van der Waals surface area contributed by atoms with Crippen LogP contribution >= 0.6 is 15.9 Å². The Morgan fingerprint density at radius 3 is 2.48 bits per heavy atom. The number of aryl methyl sites for hydroxylation is 4. The van der Waals surface area contributed by atoms with Crippen LogP contribution in [0, 0.1) is 20.8 Å². The third-order valence-corrected chi connectivity index (χ3v) is 5.37. The second kappa shape index (κ2) is 6.57. The highest BCUT2D eigenvalue weighted by molar-refractivity contribution is 9.10. The van der Waals surface area contributed by atoms with Crippen molar-refractivity contribution in [3.63, 3.8) is 0 Å². The fourth-order valence-electron chi connectivity index (χ4n) is 3.62. The Bertz CT molecular complexity index is 1230. The summed E-state index contributed by atoms with van der Waals surface area (Å²) in [5, 5.41) is 1.80. The molecule has 27 heavy (non-hydrogen) atoms. The smallest absolute Gasteiger partial charge is 0.294 e. The lowest BCUT2D eigenvalue weighted by atomic mass is 10.1. The Hall–Kier alpha value is -2.53.